The van der Waals surface area contributed by atoms with Crippen LogP contribution in [0.25, 0.3) is 0 Å². The molecule has 4 nitrogen and oxygen atoms in total. The van der Waals surface area contributed by atoms with Gasteiger partial charge in [0, 0.05) is 13.1 Å². The molecule has 146 valence electrons. The van der Waals surface area contributed by atoms with Crippen LogP contribution in [0.15, 0.2) is 47.4 Å². The third-order valence-corrected chi connectivity index (χ3v) is 6.50. The minimum atomic E-state index is -4.13. The summed E-state index contributed by atoms with van der Waals surface area (Å²) in [5, 5.41) is 0.818. The Bertz CT molecular complexity index is 875. The Labute approximate surface area is 166 Å². The van der Waals surface area contributed by atoms with Crippen LogP contribution in [0.2, 0.25) is 5.02 Å². The molecule has 0 bridgehead atoms. The minimum absolute atomic E-state index is 0.0700. The van der Waals surface area contributed by atoms with E-state index in [2.05, 4.69) is 30.0 Å². The molecule has 0 radical (unpaired) electrons. The third-order valence-electron chi connectivity index (χ3n) is 5.32. The van der Waals surface area contributed by atoms with Crippen LogP contribution in [-0.4, -0.2) is 26.1 Å². The van der Waals surface area contributed by atoms with Crippen LogP contribution in [0, 0.1) is 0 Å². The number of hydrogen-bond acceptors (Lipinski definition) is 3. The molecule has 2 aromatic rings. The van der Waals surface area contributed by atoms with Gasteiger partial charge in [-0.2, -0.15) is 8.42 Å². The molecule has 1 heterocycles. The van der Waals surface area contributed by atoms with E-state index in [9.17, 15) is 8.42 Å². The van der Waals surface area contributed by atoms with Crippen molar-refractivity contribution in [3.05, 3.63) is 58.6 Å². The Balaban J connectivity index is 1.62. The van der Waals surface area contributed by atoms with Gasteiger partial charge in [-0.15, -0.1) is 0 Å². The fourth-order valence-corrected chi connectivity index (χ4v) is 4.39. The van der Waals surface area contributed by atoms with Gasteiger partial charge in [0.25, 0.3) is 10.1 Å². The summed E-state index contributed by atoms with van der Waals surface area (Å²) in [5.41, 5.74) is 3.40. The Morgan fingerprint density at radius 3 is 2.33 bits per heavy atom. The average molecular weight is 408 g/mol. The standard InChI is InChI=1S/C21H26ClNO3S/c1-16(5-6-17-7-10-19(11-8-17)27(24,25)26)18-9-12-21(20(22)15-18)23-13-3-2-4-14-23/h7-12,15-16H,2-6,13-14H2,1H3,(H,24,25,26). The quantitative estimate of drug-likeness (QED) is 0.659. The average Bonchev–Trinajstić information content (AvgIpc) is 2.66. The lowest BCUT2D eigenvalue weighted by atomic mass is 9.93. The van der Waals surface area contributed by atoms with Crippen LogP contribution < -0.4 is 4.90 Å². The normalized spacial score (nSPS) is 16.3. The predicted octanol–water partition coefficient (Wildman–Crippen LogP) is 5.31. The van der Waals surface area contributed by atoms with E-state index in [1.807, 2.05) is 0 Å². The highest BCUT2D eigenvalue weighted by atomic mass is 35.5. The van der Waals surface area contributed by atoms with Gasteiger partial charge >= 0.3 is 0 Å². The Morgan fingerprint density at radius 2 is 1.74 bits per heavy atom. The molecule has 2 aromatic carbocycles. The van der Waals surface area contributed by atoms with Crippen molar-refractivity contribution >= 4 is 27.4 Å². The van der Waals surface area contributed by atoms with Gasteiger partial charge in [0.1, 0.15) is 0 Å². The molecule has 27 heavy (non-hydrogen) atoms. The first kappa shape index (κ1) is 20.2. The summed E-state index contributed by atoms with van der Waals surface area (Å²) >= 11 is 6.56. The molecule has 1 unspecified atom stereocenters. The van der Waals surface area contributed by atoms with Crippen molar-refractivity contribution in [2.45, 2.75) is 49.8 Å². The van der Waals surface area contributed by atoms with Crippen LogP contribution in [0.3, 0.4) is 0 Å². The molecule has 0 aromatic heterocycles. The summed E-state index contributed by atoms with van der Waals surface area (Å²) in [6.45, 7) is 4.33. The van der Waals surface area contributed by atoms with Crippen molar-refractivity contribution in [3.8, 4) is 0 Å². The number of piperidine rings is 1. The molecule has 1 fully saturated rings. The number of nitrogens with zero attached hydrogens (tertiary/aromatic N) is 1. The second-order valence-corrected chi connectivity index (χ2v) is 9.15. The fourth-order valence-electron chi connectivity index (χ4n) is 3.60. The number of rotatable bonds is 6. The third kappa shape index (κ3) is 5.24. The molecule has 0 spiro atoms. The Hall–Kier alpha value is -1.56. The van der Waals surface area contributed by atoms with E-state index in [0.29, 0.717) is 5.92 Å². The minimum Gasteiger partial charge on any atom is -0.370 e. The number of hydrogen-bond donors (Lipinski definition) is 1. The Kier molecular flexibility index (Phi) is 6.45. The van der Waals surface area contributed by atoms with Crippen LogP contribution in [0.1, 0.15) is 49.7 Å². The van der Waals surface area contributed by atoms with E-state index in [1.165, 1.54) is 37.0 Å². The second kappa shape index (κ2) is 8.63. The highest BCUT2D eigenvalue weighted by molar-refractivity contribution is 7.85. The maximum Gasteiger partial charge on any atom is 0.294 e. The zero-order valence-corrected chi connectivity index (χ0v) is 17.1. The zero-order valence-electron chi connectivity index (χ0n) is 15.6. The summed E-state index contributed by atoms with van der Waals surface area (Å²) < 4.78 is 31.3. The Morgan fingerprint density at radius 1 is 1.07 bits per heavy atom. The number of aryl methyl sites for hydroxylation is 1. The lowest BCUT2D eigenvalue weighted by Crippen LogP contribution is -2.29. The van der Waals surface area contributed by atoms with Crippen LogP contribution in [0.5, 0.6) is 0 Å². The molecular weight excluding hydrogens is 382 g/mol. The largest absolute Gasteiger partial charge is 0.370 e. The highest BCUT2D eigenvalue weighted by Crippen LogP contribution is 2.32. The molecular formula is C21H26ClNO3S. The summed E-state index contributed by atoms with van der Waals surface area (Å²) in [7, 11) is -4.13. The molecule has 1 atom stereocenters. The van der Waals surface area contributed by atoms with E-state index < -0.39 is 10.1 Å². The van der Waals surface area contributed by atoms with Gasteiger partial charge in [-0.1, -0.05) is 36.7 Å². The first-order valence-corrected chi connectivity index (χ1v) is 11.3. The van der Waals surface area contributed by atoms with Gasteiger partial charge in [-0.05, 0) is 73.4 Å². The van der Waals surface area contributed by atoms with Crippen molar-refractivity contribution < 1.29 is 13.0 Å². The monoisotopic (exact) mass is 407 g/mol. The molecule has 3 rings (SSSR count). The number of benzene rings is 2. The molecule has 1 aliphatic rings. The lowest BCUT2D eigenvalue weighted by Gasteiger charge is -2.30. The summed E-state index contributed by atoms with van der Waals surface area (Å²) in [6.07, 6.45) is 5.52. The van der Waals surface area contributed by atoms with Crippen LogP contribution >= 0.6 is 11.6 Å². The molecule has 6 heteroatoms. The van der Waals surface area contributed by atoms with Gasteiger partial charge in [0.05, 0.1) is 15.6 Å². The molecule has 1 N–H and O–H groups in total. The van der Waals surface area contributed by atoms with Crippen molar-refractivity contribution in [3.63, 3.8) is 0 Å². The van der Waals surface area contributed by atoms with E-state index in [1.54, 1.807) is 12.1 Å². The van der Waals surface area contributed by atoms with Gasteiger partial charge in [0.15, 0.2) is 0 Å². The van der Waals surface area contributed by atoms with E-state index in [-0.39, 0.29) is 4.90 Å². The van der Waals surface area contributed by atoms with E-state index in [4.69, 9.17) is 16.2 Å². The van der Waals surface area contributed by atoms with Crippen molar-refractivity contribution in [1.29, 1.82) is 0 Å². The molecule has 1 aliphatic heterocycles. The van der Waals surface area contributed by atoms with Gasteiger partial charge in [-0.25, -0.2) is 0 Å². The van der Waals surface area contributed by atoms with Crippen LogP contribution in [0.4, 0.5) is 5.69 Å². The smallest absolute Gasteiger partial charge is 0.294 e. The topological polar surface area (TPSA) is 57.6 Å². The number of anilines is 1. The highest BCUT2D eigenvalue weighted by Gasteiger charge is 2.16. The summed E-state index contributed by atoms with van der Waals surface area (Å²) in [6, 6.07) is 12.8. The van der Waals surface area contributed by atoms with Gasteiger partial charge in [0.2, 0.25) is 0 Å². The predicted molar refractivity (Wildman–Crippen MR) is 111 cm³/mol. The fraction of sp³-hybridized carbons (Fsp3) is 0.429. The molecule has 1 saturated heterocycles. The van der Waals surface area contributed by atoms with Gasteiger partial charge < -0.3 is 4.90 Å². The van der Waals surface area contributed by atoms with E-state index >= 15 is 0 Å². The van der Waals surface area contributed by atoms with E-state index in [0.717, 1.165) is 42.2 Å². The first-order chi connectivity index (χ1) is 12.8. The lowest BCUT2D eigenvalue weighted by molar-refractivity contribution is 0.483. The van der Waals surface area contributed by atoms with Gasteiger partial charge in [-0.3, -0.25) is 4.55 Å². The zero-order chi connectivity index (χ0) is 19.4. The SMILES string of the molecule is CC(CCc1ccc(S(=O)(=O)O)cc1)c1ccc(N2CCCCC2)c(Cl)c1. The molecule has 0 saturated carbocycles. The van der Waals surface area contributed by atoms with Crippen molar-refractivity contribution in [2.24, 2.45) is 0 Å². The van der Waals surface area contributed by atoms with Crippen molar-refractivity contribution in [2.75, 3.05) is 18.0 Å². The number of halogens is 1. The summed E-state index contributed by atoms with van der Waals surface area (Å²) in [4.78, 5) is 2.30. The molecule has 0 aliphatic carbocycles. The second-order valence-electron chi connectivity index (χ2n) is 7.32. The maximum absolute atomic E-state index is 11.1. The summed E-state index contributed by atoms with van der Waals surface area (Å²) in [5.74, 6) is 0.346. The maximum atomic E-state index is 11.1. The van der Waals surface area contributed by atoms with Crippen LogP contribution in [-0.2, 0) is 16.5 Å². The first-order valence-electron chi connectivity index (χ1n) is 9.45. The molecule has 0 amide bonds. The van der Waals surface area contributed by atoms with Crippen molar-refractivity contribution in [1.82, 2.24) is 0 Å².